The van der Waals surface area contributed by atoms with Crippen LogP contribution in [0.3, 0.4) is 0 Å². The summed E-state index contributed by atoms with van der Waals surface area (Å²) >= 11 is 0. The average Bonchev–Trinajstić information content (AvgIpc) is 3.21. The summed E-state index contributed by atoms with van der Waals surface area (Å²) in [6.45, 7) is 0.973. The number of ether oxygens (including phenoxy) is 1. The van der Waals surface area contributed by atoms with E-state index >= 15 is 0 Å². The lowest BCUT2D eigenvalue weighted by Crippen LogP contribution is -2.36. The maximum atomic E-state index is 13.6. The van der Waals surface area contributed by atoms with E-state index in [9.17, 15) is 21.6 Å². The molecule has 1 aliphatic heterocycles. The minimum absolute atomic E-state index is 0.129. The van der Waals surface area contributed by atoms with Gasteiger partial charge in [-0.05, 0) is 69.2 Å². The van der Waals surface area contributed by atoms with E-state index in [2.05, 4.69) is 29.1 Å². The molecule has 1 aromatic heterocycles. The van der Waals surface area contributed by atoms with Crippen molar-refractivity contribution in [1.82, 2.24) is 9.47 Å². The van der Waals surface area contributed by atoms with Gasteiger partial charge in [0, 0.05) is 36.5 Å². The second kappa shape index (κ2) is 11.4. The first-order valence-corrected chi connectivity index (χ1v) is 14.5. The molecule has 1 saturated heterocycles. The quantitative estimate of drug-likeness (QED) is 0.425. The Labute approximate surface area is 227 Å². The Balaban J connectivity index is 1.63. The molecule has 0 aliphatic carbocycles. The normalized spacial score (nSPS) is 15.2. The highest BCUT2D eigenvalue weighted by molar-refractivity contribution is 7.90. The molecule has 1 N–H and O–H groups in total. The van der Waals surface area contributed by atoms with Gasteiger partial charge in [0.05, 0.1) is 35.4 Å². The first-order valence-electron chi connectivity index (χ1n) is 12.6. The number of aromatic nitrogens is 1. The molecule has 1 aliphatic rings. The molecule has 2 heterocycles. The Kier molecular flexibility index (Phi) is 8.37. The number of hydrogen-bond donors (Lipinski definition) is 1. The first-order chi connectivity index (χ1) is 18.4. The predicted octanol–water partition coefficient (Wildman–Crippen LogP) is 4.61. The number of sulfone groups is 1. The van der Waals surface area contributed by atoms with Crippen LogP contribution in [0.15, 0.2) is 47.4 Å². The monoisotopic (exact) mass is 562 g/mol. The van der Waals surface area contributed by atoms with Gasteiger partial charge in [-0.2, -0.15) is 13.2 Å². The lowest BCUT2D eigenvalue weighted by Gasteiger charge is -2.30. The molecule has 0 spiro atoms. The van der Waals surface area contributed by atoms with Gasteiger partial charge in [0.2, 0.25) is 0 Å². The highest BCUT2D eigenvalue weighted by Crippen LogP contribution is 2.32. The van der Waals surface area contributed by atoms with Crippen molar-refractivity contribution in [1.29, 1.82) is 0 Å². The summed E-state index contributed by atoms with van der Waals surface area (Å²) in [5.74, 6) is 6.27. The third-order valence-corrected chi connectivity index (χ3v) is 7.99. The summed E-state index contributed by atoms with van der Waals surface area (Å²) in [4.78, 5) is 4.14. The molecule has 0 bridgehead atoms. The largest absolute Gasteiger partial charge is 0.495 e. The molecule has 4 rings (SSSR count). The highest BCUT2D eigenvalue weighted by Gasteiger charge is 2.30. The van der Waals surface area contributed by atoms with E-state index < -0.39 is 22.6 Å². The number of benzene rings is 2. The SMILES string of the molecule is COc1cc(S(C)(=O)=O)ccc1N(C)CC#Cc1cc2c(NC3CCN(C)CC3)cccc2n1CC(F)(F)F. The zero-order valence-electron chi connectivity index (χ0n) is 22.5. The van der Waals surface area contributed by atoms with Gasteiger partial charge in [0.25, 0.3) is 0 Å². The molecule has 39 heavy (non-hydrogen) atoms. The number of halogens is 3. The summed E-state index contributed by atoms with van der Waals surface area (Å²) in [6.07, 6.45) is -1.37. The minimum Gasteiger partial charge on any atom is -0.495 e. The number of fused-ring (bicyclic) bond motifs is 1. The van der Waals surface area contributed by atoms with Crippen molar-refractivity contribution in [2.75, 3.05) is 57.3 Å². The van der Waals surface area contributed by atoms with Gasteiger partial charge in [-0.15, -0.1) is 0 Å². The predicted molar refractivity (Wildman–Crippen MR) is 148 cm³/mol. The standard InChI is InChI=1S/C28H33F3N4O3S/c1-33-15-12-20(13-16-33)32-24-8-5-9-25-23(24)17-21(35(25)19-28(29,30)31)7-6-14-34(2)26-11-10-22(39(4,36)37)18-27(26)38-3/h5,8-11,17-18,20,32H,12-16,19H2,1-4H3. The van der Waals surface area contributed by atoms with Gasteiger partial charge >= 0.3 is 6.18 Å². The van der Waals surface area contributed by atoms with Crippen molar-refractivity contribution in [3.8, 4) is 17.6 Å². The number of anilines is 2. The Morgan fingerprint density at radius 3 is 2.51 bits per heavy atom. The molecular weight excluding hydrogens is 529 g/mol. The van der Waals surface area contributed by atoms with E-state index in [1.807, 2.05) is 6.07 Å². The number of alkyl halides is 3. The van der Waals surface area contributed by atoms with Crippen molar-refractivity contribution in [2.45, 2.75) is 36.5 Å². The van der Waals surface area contributed by atoms with Crippen LogP contribution in [0, 0.1) is 11.8 Å². The molecule has 0 atom stereocenters. The van der Waals surface area contributed by atoms with Gasteiger partial charge in [-0.3, -0.25) is 0 Å². The van der Waals surface area contributed by atoms with Gasteiger partial charge in [0.1, 0.15) is 12.3 Å². The van der Waals surface area contributed by atoms with Gasteiger partial charge in [0.15, 0.2) is 9.84 Å². The molecule has 210 valence electrons. The van der Waals surface area contributed by atoms with Crippen molar-refractivity contribution in [2.24, 2.45) is 0 Å². The highest BCUT2D eigenvalue weighted by atomic mass is 32.2. The van der Waals surface area contributed by atoms with Crippen molar-refractivity contribution in [3.05, 3.63) is 48.2 Å². The van der Waals surface area contributed by atoms with Gasteiger partial charge < -0.3 is 24.4 Å². The lowest BCUT2D eigenvalue weighted by atomic mass is 10.0. The van der Waals surface area contributed by atoms with Crippen LogP contribution < -0.4 is 15.0 Å². The van der Waals surface area contributed by atoms with Crippen LogP contribution in [0.1, 0.15) is 18.5 Å². The van der Waals surface area contributed by atoms with E-state index in [-0.39, 0.29) is 23.2 Å². The smallest absolute Gasteiger partial charge is 0.406 e. The van der Waals surface area contributed by atoms with Crippen LogP contribution in [-0.2, 0) is 16.4 Å². The van der Waals surface area contributed by atoms with E-state index in [0.29, 0.717) is 22.3 Å². The third-order valence-electron chi connectivity index (χ3n) is 6.88. The second-order valence-corrected chi connectivity index (χ2v) is 12.0. The first kappa shape index (κ1) is 28.6. The fourth-order valence-electron chi connectivity index (χ4n) is 4.77. The fourth-order valence-corrected chi connectivity index (χ4v) is 5.41. The van der Waals surface area contributed by atoms with E-state index in [4.69, 9.17) is 4.74 Å². The lowest BCUT2D eigenvalue weighted by molar-refractivity contribution is -0.140. The van der Waals surface area contributed by atoms with Crippen molar-refractivity contribution < 1.29 is 26.3 Å². The van der Waals surface area contributed by atoms with E-state index in [1.54, 1.807) is 36.2 Å². The Hall–Kier alpha value is -3.36. The molecule has 2 aromatic carbocycles. The van der Waals surface area contributed by atoms with Crippen LogP contribution in [0.25, 0.3) is 10.9 Å². The summed E-state index contributed by atoms with van der Waals surface area (Å²) in [6, 6.07) is 11.9. The molecular formula is C28H33F3N4O3S. The number of likely N-dealkylation sites (tertiary alicyclic amines) is 1. The van der Waals surface area contributed by atoms with Crippen LogP contribution >= 0.6 is 0 Å². The van der Waals surface area contributed by atoms with E-state index in [0.717, 1.165) is 37.9 Å². The summed E-state index contributed by atoms with van der Waals surface area (Å²) < 4.78 is 71.0. The van der Waals surface area contributed by atoms with Crippen molar-refractivity contribution in [3.63, 3.8) is 0 Å². The van der Waals surface area contributed by atoms with Crippen molar-refractivity contribution >= 4 is 32.1 Å². The Morgan fingerprint density at radius 2 is 1.87 bits per heavy atom. The molecule has 1 fully saturated rings. The van der Waals surface area contributed by atoms with Crippen LogP contribution in [0.5, 0.6) is 5.75 Å². The number of nitrogens with zero attached hydrogens (tertiary/aromatic N) is 3. The molecule has 0 amide bonds. The minimum atomic E-state index is -4.41. The third kappa shape index (κ3) is 6.99. The zero-order valence-corrected chi connectivity index (χ0v) is 23.3. The Bertz CT molecular complexity index is 1500. The van der Waals surface area contributed by atoms with Crippen LogP contribution in [0.4, 0.5) is 24.5 Å². The number of piperidine rings is 1. The zero-order chi connectivity index (χ0) is 28.4. The summed E-state index contributed by atoms with van der Waals surface area (Å²) in [5, 5.41) is 4.24. The average molecular weight is 563 g/mol. The van der Waals surface area contributed by atoms with E-state index in [1.165, 1.54) is 23.8 Å². The number of methoxy groups -OCH3 is 1. The Morgan fingerprint density at radius 1 is 1.15 bits per heavy atom. The molecule has 7 nitrogen and oxygen atoms in total. The summed E-state index contributed by atoms with van der Waals surface area (Å²) in [7, 11) is 1.87. The maximum absolute atomic E-state index is 13.6. The van der Waals surface area contributed by atoms with Gasteiger partial charge in [-0.1, -0.05) is 12.0 Å². The maximum Gasteiger partial charge on any atom is 0.406 e. The van der Waals surface area contributed by atoms with Gasteiger partial charge in [-0.25, -0.2) is 8.42 Å². The molecule has 3 aromatic rings. The second-order valence-electron chi connectivity index (χ2n) is 9.95. The number of hydrogen-bond acceptors (Lipinski definition) is 6. The molecule has 0 radical (unpaired) electrons. The van der Waals surface area contributed by atoms with Crippen LogP contribution in [0.2, 0.25) is 0 Å². The molecule has 11 heteroatoms. The fraction of sp³-hybridized carbons (Fsp3) is 0.429. The number of rotatable bonds is 7. The summed E-state index contributed by atoms with van der Waals surface area (Å²) in [5.41, 5.74) is 2.16. The topological polar surface area (TPSA) is 66.8 Å². The molecule has 0 saturated carbocycles. The van der Waals surface area contributed by atoms with Crippen LogP contribution in [-0.4, -0.2) is 77.2 Å². The number of nitrogens with one attached hydrogen (secondary N) is 1. The molecule has 0 unspecified atom stereocenters.